The van der Waals surface area contributed by atoms with Gasteiger partial charge in [-0.2, -0.15) is 0 Å². The van der Waals surface area contributed by atoms with E-state index in [1.54, 1.807) is 0 Å². The highest BCUT2D eigenvalue weighted by Gasteiger charge is 2.13. The van der Waals surface area contributed by atoms with Gasteiger partial charge in [0.15, 0.2) is 0 Å². The largest absolute Gasteiger partial charge is 0.394 e. The van der Waals surface area contributed by atoms with Crippen LogP contribution in [0, 0.1) is 5.92 Å². The molecular weight excluding hydrogens is 276 g/mol. The average Bonchev–Trinajstić information content (AvgIpc) is 2.50. The SMILES string of the molecule is CC(C)CCCCCCCCCCCCCC(O)C(O)CO. The molecule has 0 aromatic heterocycles. The molecule has 0 aliphatic heterocycles. The van der Waals surface area contributed by atoms with E-state index in [9.17, 15) is 10.2 Å². The summed E-state index contributed by atoms with van der Waals surface area (Å²) in [5.41, 5.74) is 0. The van der Waals surface area contributed by atoms with Crippen LogP contribution >= 0.6 is 0 Å². The standard InChI is InChI=1S/C19H40O3/c1-17(2)14-12-10-8-6-4-3-5-7-9-11-13-15-18(21)19(22)16-20/h17-22H,3-16H2,1-2H3. The summed E-state index contributed by atoms with van der Waals surface area (Å²) in [7, 11) is 0. The van der Waals surface area contributed by atoms with Gasteiger partial charge in [-0.3, -0.25) is 0 Å². The molecule has 0 heterocycles. The number of hydrogen-bond donors (Lipinski definition) is 3. The molecule has 0 rings (SSSR count). The molecule has 0 saturated heterocycles. The first-order valence-corrected chi connectivity index (χ1v) is 9.55. The van der Waals surface area contributed by atoms with Gasteiger partial charge in [0.1, 0.15) is 6.10 Å². The lowest BCUT2D eigenvalue weighted by Gasteiger charge is -2.14. The molecule has 0 fully saturated rings. The van der Waals surface area contributed by atoms with Crippen molar-refractivity contribution in [3.05, 3.63) is 0 Å². The molecule has 3 nitrogen and oxygen atoms in total. The van der Waals surface area contributed by atoms with Crippen molar-refractivity contribution in [2.45, 2.75) is 110 Å². The third-order valence-corrected chi connectivity index (χ3v) is 4.41. The van der Waals surface area contributed by atoms with Gasteiger partial charge in [0, 0.05) is 0 Å². The lowest BCUT2D eigenvalue weighted by molar-refractivity contribution is -0.0185. The fourth-order valence-electron chi connectivity index (χ4n) is 2.81. The second-order valence-electron chi connectivity index (χ2n) is 7.18. The topological polar surface area (TPSA) is 60.7 Å². The lowest BCUT2D eigenvalue weighted by atomic mass is 10.0. The van der Waals surface area contributed by atoms with E-state index in [4.69, 9.17) is 5.11 Å². The summed E-state index contributed by atoms with van der Waals surface area (Å²) in [4.78, 5) is 0. The van der Waals surface area contributed by atoms with Crippen molar-refractivity contribution < 1.29 is 15.3 Å². The van der Waals surface area contributed by atoms with Gasteiger partial charge in [0.25, 0.3) is 0 Å². The predicted octanol–water partition coefficient (Wildman–Crippen LogP) is 4.43. The summed E-state index contributed by atoms with van der Waals surface area (Å²) in [6.07, 6.45) is 14.5. The second kappa shape index (κ2) is 15.8. The van der Waals surface area contributed by atoms with Crippen LogP contribution in [0.5, 0.6) is 0 Å². The van der Waals surface area contributed by atoms with Crippen LogP contribution in [-0.2, 0) is 0 Å². The normalized spacial score (nSPS) is 14.5. The first-order valence-electron chi connectivity index (χ1n) is 9.55. The van der Waals surface area contributed by atoms with Crippen molar-refractivity contribution in [1.29, 1.82) is 0 Å². The van der Waals surface area contributed by atoms with E-state index in [-0.39, 0.29) is 6.61 Å². The van der Waals surface area contributed by atoms with Crippen molar-refractivity contribution in [3.8, 4) is 0 Å². The number of aliphatic hydroxyl groups is 3. The van der Waals surface area contributed by atoms with Crippen LogP contribution < -0.4 is 0 Å². The van der Waals surface area contributed by atoms with E-state index in [0.717, 1.165) is 18.8 Å². The van der Waals surface area contributed by atoms with E-state index >= 15 is 0 Å². The monoisotopic (exact) mass is 316 g/mol. The Labute approximate surface area is 138 Å². The molecular formula is C19H40O3. The third-order valence-electron chi connectivity index (χ3n) is 4.41. The molecule has 2 unspecified atom stereocenters. The van der Waals surface area contributed by atoms with E-state index in [1.807, 2.05) is 0 Å². The molecule has 22 heavy (non-hydrogen) atoms. The van der Waals surface area contributed by atoms with Gasteiger partial charge in [-0.1, -0.05) is 90.9 Å². The van der Waals surface area contributed by atoms with E-state index in [2.05, 4.69) is 13.8 Å². The summed E-state index contributed by atoms with van der Waals surface area (Å²) >= 11 is 0. The summed E-state index contributed by atoms with van der Waals surface area (Å²) in [5, 5.41) is 27.4. The Morgan fingerprint density at radius 2 is 0.909 bits per heavy atom. The van der Waals surface area contributed by atoms with Gasteiger partial charge < -0.3 is 15.3 Å². The molecule has 0 spiro atoms. The predicted molar refractivity (Wildman–Crippen MR) is 94.0 cm³/mol. The third kappa shape index (κ3) is 14.8. The molecule has 3 N–H and O–H groups in total. The fraction of sp³-hybridized carbons (Fsp3) is 1.00. The van der Waals surface area contributed by atoms with Crippen molar-refractivity contribution >= 4 is 0 Å². The van der Waals surface area contributed by atoms with Crippen LogP contribution in [0.1, 0.15) is 97.3 Å². The fourth-order valence-corrected chi connectivity index (χ4v) is 2.81. The Kier molecular flexibility index (Phi) is 15.7. The highest BCUT2D eigenvalue weighted by Crippen LogP contribution is 2.14. The minimum absolute atomic E-state index is 0.349. The zero-order chi connectivity index (χ0) is 16.6. The van der Waals surface area contributed by atoms with Crippen molar-refractivity contribution in [3.63, 3.8) is 0 Å². The summed E-state index contributed by atoms with van der Waals surface area (Å²) < 4.78 is 0. The molecule has 0 aliphatic carbocycles. The maximum atomic E-state index is 9.50. The molecule has 134 valence electrons. The highest BCUT2D eigenvalue weighted by atomic mass is 16.4. The molecule has 0 bridgehead atoms. The van der Waals surface area contributed by atoms with Gasteiger partial charge in [-0.05, 0) is 12.3 Å². The van der Waals surface area contributed by atoms with Crippen LogP contribution in [0.15, 0.2) is 0 Å². The first kappa shape index (κ1) is 21.9. The lowest BCUT2D eigenvalue weighted by Crippen LogP contribution is -2.28. The average molecular weight is 317 g/mol. The van der Waals surface area contributed by atoms with E-state index in [1.165, 1.54) is 64.2 Å². The van der Waals surface area contributed by atoms with Gasteiger partial charge >= 0.3 is 0 Å². The zero-order valence-corrected chi connectivity index (χ0v) is 15.0. The van der Waals surface area contributed by atoms with Gasteiger partial charge in [0.2, 0.25) is 0 Å². The van der Waals surface area contributed by atoms with Gasteiger partial charge in [-0.25, -0.2) is 0 Å². The number of rotatable bonds is 16. The number of unbranched alkanes of at least 4 members (excludes halogenated alkanes) is 10. The van der Waals surface area contributed by atoms with E-state index in [0.29, 0.717) is 6.42 Å². The number of aliphatic hydroxyl groups excluding tert-OH is 3. The quantitative estimate of drug-likeness (QED) is 0.369. The molecule has 0 aromatic rings. The Morgan fingerprint density at radius 3 is 1.27 bits per heavy atom. The maximum Gasteiger partial charge on any atom is 0.103 e. The smallest absolute Gasteiger partial charge is 0.103 e. The molecule has 0 aromatic carbocycles. The number of hydrogen-bond acceptors (Lipinski definition) is 3. The molecule has 2 atom stereocenters. The van der Waals surface area contributed by atoms with Crippen LogP contribution in [0.3, 0.4) is 0 Å². The van der Waals surface area contributed by atoms with Crippen molar-refractivity contribution in [2.24, 2.45) is 5.92 Å². The van der Waals surface area contributed by atoms with Crippen LogP contribution in [0.4, 0.5) is 0 Å². The summed E-state index contributed by atoms with van der Waals surface area (Å²) in [6, 6.07) is 0. The Hall–Kier alpha value is -0.120. The van der Waals surface area contributed by atoms with Crippen molar-refractivity contribution in [1.82, 2.24) is 0 Å². The summed E-state index contributed by atoms with van der Waals surface area (Å²) in [5.74, 6) is 0.855. The minimum Gasteiger partial charge on any atom is -0.394 e. The molecule has 0 radical (unpaired) electrons. The van der Waals surface area contributed by atoms with Crippen LogP contribution in [0.2, 0.25) is 0 Å². The highest BCUT2D eigenvalue weighted by molar-refractivity contribution is 4.65. The Balaban J connectivity index is 3.11. The van der Waals surface area contributed by atoms with Gasteiger partial charge in [-0.15, -0.1) is 0 Å². The zero-order valence-electron chi connectivity index (χ0n) is 15.0. The van der Waals surface area contributed by atoms with Crippen LogP contribution in [-0.4, -0.2) is 34.1 Å². The van der Waals surface area contributed by atoms with Gasteiger partial charge in [0.05, 0.1) is 12.7 Å². The molecule has 0 saturated carbocycles. The minimum atomic E-state index is -0.972. The Bertz CT molecular complexity index is 219. The molecule has 3 heteroatoms. The van der Waals surface area contributed by atoms with E-state index < -0.39 is 12.2 Å². The van der Waals surface area contributed by atoms with Crippen molar-refractivity contribution in [2.75, 3.05) is 6.61 Å². The molecule has 0 amide bonds. The maximum absolute atomic E-state index is 9.50. The summed E-state index contributed by atoms with van der Waals surface area (Å²) in [6.45, 7) is 4.25. The second-order valence-corrected chi connectivity index (χ2v) is 7.18. The van der Waals surface area contributed by atoms with Crippen LogP contribution in [0.25, 0.3) is 0 Å². The molecule has 0 aliphatic rings. The first-order chi connectivity index (χ1) is 10.6. The Morgan fingerprint density at radius 1 is 0.545 bits per heavy atom.